The van der Waals surface area contributed by atoms with E-state index in [1.54, 1.807) is 9.80 Å². The van der Waals surface area contributed by atoms with Crippen LogP contribution in [0.25, 0.3) is 11.1 Å². The Morgan fingerprint density at radius 1 is 1.24 bits per heavy atom. The fraction of sp³-hybridized carbons (Fsp3) is 0.524. The molecule has 0 bridgehead atoms. The quantitative estimate of drug-likeness (QED) is 0.775. The first kappa shape index (κ1) is 19.7. The minimum absolute atomic E-state index is 0.152. The van der Waals surface area contributed by atoms with Crippen molar-refractivity contribution in [1.29, 1.82) is 0 Å². The summed E-state index contributed by atoms with van der Waals surface area (Å²) in [6.07, 6.45) is 4.52. The number of rotatable bonds is 5. The molecule has 0 spiro atoms. The molecule has 1 aliphatic carbocycles. The molecule has 1 amide bonds. The number of hydrogen-bond donors (Lipinski definition) is 1. The lowest BCUT2D eigenvalue weighted by atomic mass is 10.0. The number of hydrogen-bond acceptors (Lipinski definition) is 6. The summed E-state index contributed by atoms with van der Waals surface area (Å²) in [5.41, 5.74) is 3.35. The van der Waals surface area contributed by atoms with E-state index in [0.717, 1.165) is 16.8 Å². The zero-order valence-corrected chi connectivity index (χ0v) is 17.3. The largest absolute Gasteiger partial charge is 0.446 e. The van der Waals surface area contributed by atoms with Gasteiger partial charge in [-0.3, -0.25) is 9.58 Å². The summed E-state index contributed by atoms with van der Waals surface area (Å²) in [5.74, 6) is 0. The van der Waals surface area contributed by atoms with Crippen molar-refractivity contribution >= 4 is 17.5 Å². The SMILES string of the molecule is COC(O)N1c2ccc(-c3cnn(C4CC4)c3)cc2N(C(=O)OC(C)C)C[C@@H]1C. The molecule has 0 saturated heterocycles. The van der Waals surface area contributed by atoms with Crippen molar-refractivity contribution in [2.24, 2.45) is 0 Å². The molecule has 8 heteroatoms. The number of amides is 1. The summed E-state index contributed by atoms with van der Waals surface area (Å²) >= 11 is 0. The Kier molecular flexibility index (Phi) is 5.23. The molecule has 2 aromatic rings. The summed E-state index contributed by atoms with van der Waals surface area (Å²) in [6.45, 7) is 5.98. The summed E-state index contributed by atoms with van der Waals surface area (Å²) < 4.78 is 12.6. The van der Waals surface area contributed by atoms with Gasteiger partial charge in [0.1, 0.15) is 0 Å². The number of aliphatic hydroxyl groups excluding tert-OH is 1. The van der Waals surface area contributed by atoms with E-state index in [0.29, 0.717) is 18.3 Å². The number of nitrogens with zero attached hydrogens (tertiary/aromatic N) is 4. The second-order valence-corrected chi connectivity index (χ2v) is 8.01. The van der Waals surface area contributed by atoms with Crippen molar-refractivity contribution in [3.8, 4) is 11.1 Å². The second kappa shape index (κ2) is 7.68. The average molecular weight is 400 g/mol. The molecule has 1 N–H and O–H groups in total. The highest BCUT2D eigenvalue weighted by atomic mass is 16.6. The van der Waals surface area contributed by atoms with Crippen molar-refractivity contribution in [3.05, 3.63) is 30.6 Å². The number of ether oxygens (including phenoxy) is 2. The van der Waals surface area contributed by atoms with Gasteiger partial charge in [0, 0.05) is 31.5 Å². The van der Waals surface area contributed by atoms with E-state index in [1.165, 1.54) is 20.0 Å². The van der Waals surface area contributed by atoms with E-state index in [2.05, 4.69) is 5.10 Å². The molecular weight excluding hydrogens is 372 g/mol. The first-order valence-electron chi connectivity index (χ1n) is 10.0. The van der Waals surface area contributed by atoms with Crippen molar-refractivity contribution in [3.63, 3.8) is 0 Å². The predicted octanol–water partition coefficient (Wildman–Crippen LogP) is 3.37. The Hall–Kier alpha value is -2.58. The molecule has 1 saturated carbocycles. The first-order chi connectivity index (χ1) is 13.9. The average Bonchev–Trinajstić information content (AvgIpc) is 3.42. The fourth-order valence-corrected chi connectivity index (χ4v) is 3.74. The summed E-state index contributed by atoms with van der Waals surface area (Å²) in [5, 5.41) is 14.9. The van der Waals surface area contributed by atoms with Gasteiger partial charge in [-0.1, -0.05) is 6.07 Å². The lowest BCUT2D eigenvalue weighted by molar-refractivity contribution is -0.0785. The lowest BCUT2D eigenvalue weighted by Gasteiger charge is -2.43. The smallest absolute Gasteiger partial charge is 0.414 e. The molecule has 29 heavy (non-hydrogen) atoms. The molecule has 2 atom stereocenters. The number of carbonyl (C=O) groups is 1. The molecule has 2 heterocycles. The van der Waals surface area contributed by atoms with Crippen LogP contribution in [0.15, 0.2) is 30.6 Å². The Balaban J connectivity index is 1.74. The highest BCUT2D eigenvalue weighted by molar-refractivity contribution is 5.95. The maximum atomic E-state index is 12.8. The molecule has 1 aromatic carbocycles. The first-order valence-corrected chi connectivity index (χ1v) is 10.0. The minimum atomic E-state index is -1.10. The highest BCUT2D eigenvalue weighted by Gasteiger charge is 2.36. The number of anilines is 2. The highest BCUT2D eigenvalue weighted by Crippen LogP contribution is 2.41. The molecule has 1 unspecified atom stereocenters. The molecule has 1 fully saturated rings. The van der Waals surface area contributed by atoms with E-state index in [4.69, 9.17) is 9.47 Å². The van der Waals surface area contributed by atoms with E-state index >= 15 is 0 Å². The standard InChI is InChI=1S/C21H28N4O4/c1-13(2)29-20(26)23-11-14(3)25(21(27)28-4)18-8-5-15(9-19(18)23)16-10-22-24(12-16)17-6-7-17/h5,8-10,12-14,17,21,27H,6-7,11H2,1-4H3/t14-,21?/m0/s1. The Bertz CT molecular complexity index is 893. The van der Waals surface area contributed by atoms with Gasteiger partial charge in [-0.2, -0.15) is 5.10 Å². The van der Waals surface area contributed by atoms with Crippen LogP contribution < -0.4 is 9.80 Å². The van der Waals surface area contributed by atoms with Crippen molar-refractivity contribution in [1.82, 2.24) is 9.78 Å². The number of aliphatic hydroxyl groups is 1. The van der Waals surface area contributed by atoms with Gasteiger partial charge < -0.3 is 19.5 Å². The van der Waals surface area contributed by atoms with Gasteiger partial charge in [-0.15, -0.1) is 0 Å². The molecular formula is C21H28N4O4. The normalized spacial score (nSPS) is 20.0. The van der Waals surface area contributed by atoms with E-state index < -0.39 is 12.5 Å². The second-order valence-electron chi connectivity index (χ2n) is 8.01. The van der Waals surface area contributed by atoms with Crippen LogP contribution in [0.5, 0.6) is 0 Å². The molecule has 0 radical (unpaired) electrons. The van der Waals surface area contributed by atoms with Gasteiger partial charge in [0.15, 0.2) is 0 Å². The minimum Gasteiger partial charge on any atom is -0.446 e. The third kappa shape index (κ3) is 3.82. The van der Waals surface area contributed by atoms with Crippen LogP contribution in [0.3, 0.4) is 0 Å². The van der Waals surface area contributed by atoms with Crippen LogP contribution in [0.1, 0.15) is 39.7 Å². The number of carbonyl (C=O) groups excluding carboxylic acids is 1. The Labute approximate surface area is 170 Å². The molecule has 1 aliphatic heterocycles. The van der Waals surface area contributed by atoms with Crippen LogP contribution >= 0.6 is 0 Å². The number of methoxy groups -OCH3 is 1. The van der Waals surface area contributed by atoms with Gasteiger partial charge in [0.25, 0.3) is 0 Å². The van der Waals surface area contributed by atoms with Crippen LogP contribution in [0, 0.1) is 0 Å². The molecule has 156 valence electrons. The van der Waals surface area contributed by atoms with E-state index in [-0.39, 0.29) is 12.1 Å². The lowest BCUT2D eigenvalue weighted by Crippen LogP contribution is -2.54. The molecule has 8 nitrogen and oxygen atoms in total. The van der Waals surface area contributed by atoms with E-state index in [9.17, 15) is 9.90 Å². The molecule has 2 aliphatic rings. The van der Waals surface area contributed by atoms with Crippen LogP contribution in [0.4, 0.5) is 16.2 Å². The third-order valence-electron chi connectivity index (χ3n) is 5.33. The van der Waals surface area contributed by atoms with Gasteiger partial charge in [-0.25, -0.2) is 4.79 Å². The summed E-state index contributed by atoms with van der Waals surface area (Å²) in [7, 11) is 1.46. The maximum Gasteiger partial charge on any atom is 0.414 e. The van der Waals surface area contributed by atoms with Crippen molar-refractivity contribution in [2.75, 3.05) is 23.5 Å². The molecule has 1 aromatic heterocycles. The van der Waals surface area contributed by atoms with Crippen molar-refractivity contribution in [2.45, 2.75) is 58.2 Å². The predicted molar refractivity (Wildman–Crippen MR) is 110 cm³/mol. The van der Waals surface area contributed by atoms with Crippen molar-refractivity contribution < 1.29 is 19.4 Å². The summed E-state index contributed by atoms with van der Waals surface area (Å²) in [6, 6.07) is 6.19. The maximum absolute atomic E-state index is 12.8. The zero-order chi connectivity index (χ0) is 20.7. The molecule has 4 rings (SSSR count). The van der Waals surface area contributed by atoms with Crippen LogP contribution in [0.2, 0.25) is 0 Å². The number of fused-ring (bicyclic) bond motifs is 1. The number of benzene rings is 1. The van der Waals surface area contributed by atoms with Gasteiger partial charge in [-0.05, 0) is 51.3 Å². The van der Waals surface area contributed by atoms with Gasteiger partial charge in [0.2, 0.25) is 6.41 Å². The summed E-state index contributed by atoms with van der Waals surface area (Å²) in [4.78, 5) is 16.2. The van der Waals surface area contributed by atoms with Gasteiger partial charge >= 0.3 is 6.09 Å². The van der Waals surface area contributed by atoms with Crippen LogP contribution in [-0.4, -0.2) is 53.2 Å². The van der Waals surface area contributed by atoms with Gasteiger partial charge in [0.05, 0.1) is 29.7 Å². The van der Waals surface area contributed by atoms with Crippen LogP contribution in [-0.2, 0) is 9.47 Å². The monoisotopic (exact) mass is 400 g/mol. The third-order valence-corrected chi connectivity index (χ3v) is 5.33. The Morgan fingerprint density at radius 3 is 2.66 bits per heavy atom. The Morgan fingerprint density at radius 2 is 2.00 bits per heavy atom. The number of aromatic nitrogens is 2. The van der Waals surface area contributed by atoms with E-state index in [1.807, 2.05) is 56.0 Å². The topological polar surface area (TPSA) is 80.1 Å². The zero-order valence-electron chi connectivity index (χ0n) is 17.3. The fourth-order valence-electron chi connectivity index (χ4n) is 3.74.